The molecule has 158 valence electrons. The van der Waals surface area contributed by atoms with Gasteiger partial charge in [0.2, 0.25) is 0 Å². The number of H-pyrrole nitrogens is 1. The molecule has 1 aliphatic heterocycles. The summed E-state index contributed by atoms with van der Waals surface area (Å²) >= 11 is 6.93. The third-order valence-corrected chi connectivity index (χ3v) is 6.48. The zero-order chi connectivity index (χ0) is 21.3. The van der Waals surface area contributed by atoms with Gasteiger partial charge in [0, 0.05) is 30.7 Å². The zero-order valence-electron chi connectivity index (χ0n) is 17.4. The first-order valence-corrected chi connectivity index (χ1v) is 11.8. The number of carbonyl (C=O) groups excluding carboxylic acids is 1. The number of nitrogens with zero attached hydrogens (tertiary/aromatic N) is 5. The number of imidazole rings is 1. The van der Waals surface area contributed by atoms with E-state index in [1.165, 1.54) is 11.8 Å². The highest BCUT2D eigenvalue weighted by molar-refractivity contribution is 7.98. The molecule has 0 atom stereocenters. The number of nitrogens with one attached hydrogen (secondary N) is 1. The fourth-order valence-electron chi connectivity index (χ4n) is 4.06. The lowest BCUT2D eigenvalue weighted by Crippen LogP contribution is -2.39. The predicted octanol–water partition coefficient (Wildman–Crippen LogP) is 4.45. The third kappa shape index (κ3) is 3.83. The van der Waals surface area contributed by atoms with Crippen LogP contribution in [0.15, 0.2) is 41.7 Å². The molecule has 4 rings (SSSR count). The first kappa shape index (κ1) is 20.9. The first-order valence-electron chi connectivity index (χ1n) is 10.1. The number of rotatable bonds is 5. The van der Waals surface area contributed by atoms with Gasteiger partial charge in [0.05, 0.1) is 6.20 Å². The molecule has 1 amide bonds. The van der Waals surface area contributed by atoms with Crippen LogP contribution in [0.3, 0.4) is 0 Å². The third-order valence-electron chi connectivity index (χ3n) is 5.54. The molecule has 0 unspecified atom stereocenters. The minimum Gasteiger partial charge on any atom is -0.337 e. The monoisotopic (exact) mass is 442 g/mol. The van der Waals surface area contributed by atoms with Gasteiger partial charge in [-0.3, -0.25) is 14.5 Å². The van der Waals surface area contributed by atoms with Gasteiger partial charge in [-0.1, -0.05) is 30.0 Å². The molecular formula is C21H26N6OS2. The maximum atomic E-state index is 13.4. The number of aromatic amines is 1. The zero-order valence-corrected chi connectivity index (χ0v) is 19.0. The number of para-hydroxylation sites is 1. The van der Waals surface area contributed by atoms with Gasteiger partial charge in [0.25, 0.3) is 5.91 Å². The molecule has 3 aromatic rings. The number of carbonyl (C=O) groups is 1. The fourth-order valence-corrected chi connectivity index (χ4v) is 4.96. The predicted molar refractivity (Wildman–Crippen MR) is 121 cm³/mol. The van der Waals surface area contributed by atoms with Crippen LogP contribution >= 0.6 is 24.0 Å². The first-order chi connectivity index (χ1) is 14.5. The Labute approximate surface area is 185 Å². The number of benzene rings is 1. The number of amides is 1. The summed E-state index contributed by atoms with van der Waals surface area (Å²) in [7, 11) is 0. The van der Waals surface area contributed by atoms with Crippen molar-refractivity contribution in [3.05, 3.63) is 52.8 Å². The Kier molecular flexibility index (Phi) is 6.10. The summed E-state index contributed by atoms with van der Waals surface area (Å²) in [5.74, 6) is 1.32. The molecule has 1 aromatic carbocycles. The summed E-state index contributed by atoms with van der Waals surface area (Å²) in [6, 6.07) is 10.2. The number of thioether (sulfide) groups is 1. The van der Waals surface area contributed by atoms with Gasteiger partial charge in [0.1, 0.15) is 11.5 Å². The van der Waals surface area contributed by atoms with Crippen LogP contribution in [-0.2, 0) is 0 Å². The summed E-state index contributed by atoms with van der Waals surface area (Å²) in [6.45, 7) is 5.61. The van der Waals surface area contributed by atoms with E-state index in [0.717, 1.165) is 29.5 Å². The Bertz CT molecular complexity index is 1080. The Morgan fingerprint density at radius 1 is 1.23 bits per heavy atom. The van der Waals surface area contributed by atoms with Gasteiger partial charge in [-0.05, 0) is 57.3 Å². The van der Waals surface area contributed by atoms with Crippen molar-refractivity contribution >= 4 is 29.9 Å². The van der Waals surface area contributed by atoms with E-state index in [1.54, 1.807) is 6.20 Å². The largest absolute Gasteiger partial charge is 0.337 e. The Morgan fingerprint density at radius 2 is 1.93 bits per heavy atom. The minimum atomic E-state index is 0.0211. The lowest BCUT2D eigenvalue weighted by Gasteiger charge is -2.32. The van der Waals surface area contributed by atoms with Crippen LogP contribution in [0, 0.1) is 4.77 Å². The molecule has 2 aromatic heterocycles. The van der Waals surface area contributed by atoms with Crippen LogP contribution in [0.5, 0.6) is 0 Å². The van der Waals surface area contributed by atoms with Crippen LogP contribution in [0.25, 0.3) is 5.69 Å². The van der Waals surface area contributed by atoms with E-state index in [1.807, 2.05) is 46.1 Å². The number of aromatic nitrogens is 5. The summed E-state index contributed by atoms with van der Waals surface area (Å²) in [5, 5.41) is 8.23. The van der Waals surface area contributed by atoms with Gasteiger partial charge >= 0.3 is 0 Å². The standard InChI is InChI=1S/C21H26N6OS2/c1-14(2)26-18(23-24-20(26)29)15-9-11-25(12-10-15)19(28)17-13-22-21(30-3)27(17)16-7-5-4-6-8-16/h4-8,13-15H,9-12H2,1-3H3,(H,24,29). The van der Waals surface area contributed by atoms with Crippen molar-refractivity contribution in [2.24, 2.45) is 0 Å². The number of piperidine rings is 1. The smallest absolute Gasteiger partial charge is 0.272 e. The van der Waals surface area contributed by atoms with Gasteiger partial charge in [0.15, 0.2) is 9.93 Å². The molecule has 1 N–H and O–H groups in total. The molecule has 3 heterocycles. The van der Waals surface area contributed by atoms with E-state index in [4.69, 9.17) is 12.2 Å². The summed E-state index contributed by atoms with van der Waals surface area (Å²) in [4.78, 5) is 19.8. The lowest BCUT2D eigenvalue weighted by atomic mass is 9.95. The topological polar surface area (TPSA) is 71.7 Å². The second-order valence-corrected chi connectivity index (χ2v) is 8.88. The molecule has 0 aliphatic carbocycles. The minimum absolute atomic E-state index is 0.0211. The quantitative estimate of drug-likeness (QED) is 0.467. The average molecular weight is 443 g/mol. The van der Waals surface area contributed by atoms with Crippen LogP contribution in [-0.4, -0.2) is 54.5 Å². The molecular weight excluding hydrogens is 416 g/mol. The lowest BCUT2D eigenvalue weighted by molar-refractivity contribution is 0.0701. The van der Waals surface area contributed by atoms with Crippen LogP contribution in [0.2, 0.25) is 0 Å². The molecule has 9 heteroatoms. The van der Waals surface area contributed by atoms with Crippen molar-refractivity contribution in [3.63, 3.8) is 0 Å². The highest BCUT2D eigenvalue weighted by Gasteiger charge is 2.30. The van der Waals surface area contributed by atoms with E-state index in [2.05, 4.69) is 33.6 Å². The van der Waals surface area contributed by atoms with Gasteiger partial charge < -0.3 is 9.47 Å². The van der Waals surface area contributed by atoms with E-state index in [9.17, 15) is 4.79 Å². The SMILES string of the molecule is CSc1ncc(C(=O)N2CCC(c3n[nH]c(=S)n3C(C)C)CC2)n1-c1ccccc1. The van der Waals surface area contributed by atoms with E-state index < -0.39 is 0 Å². The van der Waals surface area contributed by atoms with Crippen LogP contribution in [0.4, 0.5) is 0 Å². The molecule has 1 saturated heterocycles. The van der Waals surface area contributed by atoms with Crippen LogP contribution in [0.1, 0.15) is 55.0 Å². The van der Waals surface area contributed by atoms with Crippen molar-refractivity contribution in [2.75, 3.05) is 19.3 Å². The van der Waals surface area contributed by atoms with Crippen molar-refractivity contribution in [2.45, 2.75) is 43.8 Å². The summed E-state index contributed by atoms with van der Waals surface area (Å²) in [6.07, 6.45) is 5.40. The van der Waals surface area contributed by atoms with Gasteiger partial charge in [-0.2, -0.15) is 5.10 Å². The summed E-state index contributed by atoms with van der Waals surface area (Å²) in [5.41, 5.74) is 1.55. The molecule has 1 fully saturated rings. The van der Waals surface area contributed by atoms with Crippen molar-refractivity contribution in [3.8, 4) is 5.69 Å². The average Bonchev–Trinajstić information content (AvgIpc) is 3.37. The fraction of sp³-hybridized carbons (Fsp3) is 0.429. The molecule has 0 radical (unpaired) electrons. The molecule has 1 aliphatic rings. The summed E-state index contributed by atoms with van der Waals surface area (Å²) < 4.78 is 4.70. The normalized spacial score (nSPS) is 15.1. The Morgan fingerprint density at radius 3 is 2.57 bits per heavy atom. The number of hydrogen-bond acceptors (Lipinski definition) is 5. The number of hydrogen-bond donors (Lipinski definition) is 1. The molecule has 30 heavy (non-hydrogen) atoms. The van der Waals surface area contributed by atoms with E-state index in [0.29, 0.717) is 29.5 Å². The Balaban J connectivity index is 1.54. The van der Waals surface area contributed by atoms with Gasteiger partial charge in [-0.15, -0.1) is 0 Å². The van der Waals surface area contributed by atoms with E-state index >= 15 is 0 Å². The second kappa shape index (κ2) is 8.77. The maximum Gasteiger partial charge on any atom is 0.272 e. The maximum absolute atomic E-state index is 13.4. The number of likely N-dealkylation sites (tertiary alicyclic amines) is 1. The van der Waals surface area contributed by atoms with Crippen molar-refractivity contribution in [1.82, 2.24) is 29.2 Å². The van der Waals surface area contributed by atoms with Gasteiger partial charge in [-0.25, -0.2) is 4.98 Å². The highest BCUT2D eigenvalue weighted by atomic mass is 32.2. The van der Waals surface area contributed by atoms with E-state index in [-0.39, 0.29) is 11.9 Å². The molecule has 7 nitrogen and oxygen atoms in total. The molecule has 0 bridgehead atoms. The molecule has 0 saturated carbocycles. The van der Waals surface area contributed by atoms with Crippen LogP contribution < -0.4 is 0 Å². The van der Waals surface area contributed by atoms with Crippen molar-refractivity contribution in [1.29, 1.82) is 0 Å². The second-order valence-electron chi connectivity index (χ2n) is 7.72. The Hall–Kier alpha value is -2.39. The van der Waals surface area contributed by atoms with Crippen molar-refractivity contribution < 1.29 is 4.79 Å². The molecule has 0 spiro atoms. The highest BCUT2D eigenvalue weighted by Crippen LogP contribution is 2.30.